The summed E-state index contributed by atoms with van der Waals surface area (Å²) in [5.74, 6) is 1.50. The maximum atomic E-state index is 12.0. The zero-order valence-electron chi connectivity index (χ0n) is 12.5. The molecule has 0 radical (unpaired) electrons. The molecule has 0 spiro atoms. The average Bonchev–Trinajstić information content (AvgIpc) is 3.18. The van der Waals surface area contributed by atoms with Crippen LogP contribution in [0.1, 0.15) is 10.6 Å². The smallest absolute Gasteiger partial charge is 0.251 e. The van der Waals surface area contributed by atoms with Crippen molar-refractivity contribution in [2.75, 3.05) is 6.79 Å². The van der Waals surface area contributed by atoms with Crippen molar-refractivity contribution in [2.24, 2.45) is 0 Å². The van der Waals surface area contributed by atoms with Crippen molar-refractivity contribution < 1.29 is 9.47 Å². The number of hydrogen-bond acceptors (Lipinski definition) is 5. The van der Waals surface area contributed by atoms with Gasteiger partial charge in [0, 0.05) is 23.2 Å². The molecule has 0 saturated heterocycles. The lowest BCUT2D eigenvalue weighted by molar-refractivity contribution is 0.174. The molecule has 4 rings (SSSR count). The summed E-state index contributed by atoms with van der Waals surface area (Å²) in [4.78, 5) is 16.6. The summed E-state index contributed by atoms with van der Waals surface area (Å²) in [5.41, 5.74) is 2.81. The summed E-state index contributed by atoms with van der Waals surface area (Å²) < 4.78 is 12.4. The second-order valence-electron chi connectivity index (χ2n) is 5.36. The quantitative estimate of drug-likeness (QED) is 0.742. The molecule has 2 aromatic heterocycles. The molecule has 116 valence electrons. The van der Waals surface area contributed by atoms with Gasteiger partial charge in [-0.2, -0.15) is 0 Å². The number of pyridine rings is 1. The van der Waals surface area contributed by atoms with E-state index in [1.807, 2.05) is 36.6 Å². The second kappa shape index (κ2) is 5.55. The molecule has 0 saturated carbocycles. The van der Waals surface area contributed by atoms with Crippen LogP contribution in [0.4, 0.5) is 0 Å². The molecule has 23 heavy (non-hydrogen) atoms. The van der Waals surface area contributed by atoms with Gasteiger partial charge in [0.1, 0.15) is 5.01 Å². The molecule has 1 aromatic carbocycles. The molecule has 0 aliphatic carbocycles. The first kappa shape index (κ1) is 14.0. The standard InChI is InChI=1S/C17H14N2O3S/c1-11-4-5-19(17(20)6-11)8-16-18-13(9-23-16)12-2-3-14-15(7-12)22-10-21-14/h2-7,9H,8,10H2,1H3. The summed E-state index contributed by atoms with van der Waals surface area (Å²) >= 11 is 1.54. The van der Waals surface area contributed by atoms with Gasteiger partial charge >= 0.3 is 0 Å². The highest BCUT2D eigenvalue weighted by Crippen LogP contribution is 2.36. The number of aromatic nitrogens is 2. The molecule has 5 nitrogen and oxygen atoms in total. The van der Waals surface area contributed by atoms with Gasteiger partial charge < -0.3 is 14.0 Å². The van der Waals surface area contributed by atoms with Crippen molar-refractivity contribution in [3.63, 3.8) is 0 Å². The fourth-order valence-corrected chi connectivity index (χ4v) is 3.26. The van der Waals surface area contributed by atoms with Gasteiger partial charge in [-0.05, 0) is 36.8 Å². The summed E-state index contributed by atoms with van der Waals surface area (Å²) in [5, 5.41) is 2.88. The monoisotopic (exact) mass is 326 g/mol. The number of fused-ring (bicyclic) bond motifs is 1. The van der Waals surface area contributed by atoms with E-state index >= 15 is 0 Å². The molecule has 1 aliphatic heterocycles. The normalized spacial score (nSPS) is 12.6. The molecule has 0 fully saturated rings. The Labute approximate surface area is 136 Å². The third-order valence-electron chi connectivity index (χ3n) is 3.68. The van der Waals surface area contributed by atoms with Gasteiger partial charge in [0.15, 0.2) is 11.5 Å². The van der Waals surface area contributed by atoms with Crippen molar-refractivity contribution in [3.05, 3.63) is 62.8 Å². The number of hydrogen-bond donors (Lipinski definition) is 0. The zero-order valence-corrected chi connectivity index (χ0v) is 13.3. The molecule has 3 heterocycles. The highest BCUT2D eigenvalue weighted by atomic mass is 32.1. The van der Waals surface area contributed by atoms with E-state index in [2.05, 4.69) is 4.98 Å². The van der Waals surface area contributed by atoms with Crippen LogP contribution in [0.25, 0.3) is 11.3 Å². The Kier molecular flexibility index (Phi) is 3.38. The Hall–Kier alpha value is -2.60. The van der Waals surface area contributed by atoms with Crippen LogP contribution in [0.3, 0.4) is 0 Å². The van der Waals surface area contributed by atoms with Crippen LogP contribution in [0.15, 0.2) is 46.7 Å². The Morgan fingerprint density at radius 1 is 1.22 bits per heavy atom. The highest BCUT2D eigenvalue weighted by molar-refractivity contribution is 7.09. The largest absolute Gasteiger partial charge is 0.454 e. The van der Waals surface area contributed by atoms with Crippen LogP contribution in [0.2, 0.25) is 0 Å². The number of aryl methyl sites for hydroxylation is 1. The van der Waals surface area contributed by atoms with E-state index in [1.54, 1.807) is 28.2 Å². The van der Waals surface area contributed by atoms with Gasteiger partial charge in [-0.3, -0.25) is 4.79 Å². The number of benzene rings is 1. The van der Waals surface area contributed by atoms with Crippen LogP contribution in [-0.2, 0) is 6.54 Å². The maximum absolute atomic E-state index is 12.0. The molecule has 0 atom stereocenters. The first-order valence-electron chi connectivity index (χ1n) is 7.20. The maximum Gasteiger partial charge on any atom is 0.251 e. The minimum absolute atomic E-state index is 0.00942. The Morgan fingerprint density at radius 2 is 2.09 bits per heavy atom. The number of thiazole rings is 1. The SMILES string of the molecule is Cc1ccn(Cc2nc(-c3ccc4c(c3)OCO4)cs2)c(=O)c1. The summed E-state index contributed by atoms with van der Waals surface area (Å²) in [6.07, 6.45) is 1.80. The lowest BCUT2D eigenvalue weighted by atomic mass is 10.1. The second-order valence-corrected chi connectivity index (χ2v) is 6.31. The van der Waals surface area contributed by atoms with E-state index < -0.39 is 0 Å². The fourth-order valence-electron chi connectivity index (χ4n) is 2.46. The van der Waals surface area contributed by atoms with Crippen molar-refractivity contribution in [3.8, 4) is 22.8 Å². The van der Waals surface area contributed by atoms with Gasteiger partial charge in [0.05, 0.1) is 12.2 Å². The molecular weight excluding hydrogens is 312 g/mol. The van der Waals surface area contributed by atoms with Crippen molar-refractivity contribution in [2.45, 2.75) is 13.5 Å². The Bertz CT molecular complexity index is 930. The lowest BCUT2D eigenvalue weighted by Gasteiger charge is -2.03. The van der Waals surface area contributed by atoms with Gasteiger partial charge in [-0.15, -0.1) is 11.3 Å². The number of rotatable bonds is 3. The molecule has 0 unspecified atom stereocenters. The van der Waals surface area contributed by atoms with Gasteiger partial charge in [-0.25, -0.2) is 4.98 Å². The summed E-state index contributed by atoms with van der Waals surface area (Å²) in [6.45, 7) is 2.65. The third-order valence-corrected chi connectivity index (χ3v) is 4.51. The van der Waals surface area contributed by atoms with Crippen LogP contribution in [0.5, 0.6) is 11.5 Å². The fraction of sp³-hybridized carbons (Fsp3) is 0.176. The first-order chi connectivity index (χ1) is 11.2. The van der Waals surface area contributed by atoms with E-state index in [0.29, 0.717) is 6.54 Å². The Balaban J connectivity index is 1.60. The predicted molar refractivity (Wildman–Crippen MR) is 88.2 cm³/mol. The van der Waals surface area contributed by atoms with E-state index in [1.165, 1.54) is 0 Å². The van der Waals surface area contributed by atoms with Crippen molar-refractivity contribution in [1.29, 1.82) is 0 Å². The van der Waals surface area contributed by atoms with Crippen LogP contribution >= 0.6 is 11.3 Å². The molecule has 3 aromatic rings. The minimum Gasteiger partial charge on any atom is -0.454 e. The van der Waals surface area contributed by atoms with Gasteiger partial charge in [0.25, 0.3) is 5.56 Å². The van der Waals surface area contributed by atoms with Crippen LogP contribution in [-0.4, -0.2) is 16.3 Å². The van der Waals surface area contributed by atoms with Gasteiger partial charge in [0.2, 0.25) is 6.79 Å². The first-order valence-corrected chi connectivity index (χ1v) is 8.08. The lowest BCUT2D eigenvalue weighted by Crippen LogP contribution is -2.19. The highest BCUT2D eigenvalue weighted by Gasteiger charge is 2.15. The number of ether oxygens (including phenoxy) is 2. The average molecular weight is 326 g/mol. The molecule has 0 amide bonds. The topological polar surface area (TPSA) is 53.4 Å². The molecule has 6 heteroatoms. The predicted octanol–water partition coefficient (Wildman–Crippen LogP) is 3.06. The molecular formula is C17H14N2O3S. The van der Waals surface area contributed by atoms with Gasteiger partial charge in [-0.1, -0.05) is 0 Å². The zero-order chi connectivity index (χ0) is 15.8. The van der Waals surface area contributed by atoms with Crippen molar-refractivity contribution >= 4 is 11.3 Å². The molecule has 0 bridgehead atoms. The van der Waals surface area contributed by atoms with Crippen LogP contribution < -0.4 is 15.0 Å². The third kappa shape index (κ3) is 2.73. The molecule has 0 N–H and O–H groups in total. The summed E-state index contributed by atoms with van der Waals surface area (Å²) in [6, 6.07) is 9.34. The Morgan fingerprint density at radius 3 is 2.96 bits per heavy atom. The van der Waals surface area contributed by atoms with Crippen molar-refractivity contribution in [1.82, 2.24) is 9.55 Å². The summed E-state index contributed by atoms with van der Waals surface area (Å²) in [7, 11) is 0. The number of nitrogens with zero attached hydrogens (tertiary/aromatic N) is 2. The van der Waals surface area contributed by atoms with Crippen LogP contribution in [0, 0.1) is 6.92 Å². The van der Waals surface area contributed by atoms with E-state index in [4.69, 9.17) is 9.47 Å². The van der Waals surface area contributed by atoms with E-state index in [0.717, 1.165) is 33.3 Å². The van der Waals surface area contributed by atoms with E-state index in [-0.39, 0.29) is 12.4 Å². The van der Waals surface area contributed by atoms with E-state index in [9.17, 15) is 4.79 Å². The minimum atomic E-state index is -0.00942. The molecule has 1 aliphatic rings.